The molecule has 0 bridgehead atoms. The van der Waals surface area contributed by atoms with Gasteiger partial charge in [0.2, 0.25) is 0 Å². The molecular formula is C16H25NO. The van der Waals surface area contributed by atoms with E-state index in [-0.39, 0.29) is 0 Å². The summed E-state index contributed by atoms with van der Waals surface area (Å²) in [4.78, 5) is 0. The van der Waals surface area contributed by atoms with Crippen LogP contribution in [0.4, 0.5) is 5.69 Å². The Labute approximate surface area is 111 Å². The predicted molar refractivity (Wildman–Crippen MR) is 77.3 cm³/mol. The van der Waals surface area contributed by atoms with Crippen LogP contribution in [0.5, 0.6) is 5.75 Å². The molecule has 0 amide bonds. The number of nitrogens with one attached hydrogen (secondary N) is 1. The second kappa shape index (κ2) is 5.64. The summed E-state index contributed by atoms with van der Waals surface area (Å²) in [7, 11) is 1.72. The Morgan fingerprint density at radius 3 is 2.39 bits per heavy atom. The number of ether oxygens (including phenoxy) is 1. The van der Waals surface area contributed by atoms with Gasteiger partial charge in [0.15, 0.2) is 0 Å². The monoisotopic (exact) mass is 247 g/mol. The van der Waals surface area contributed by atoms with Gasteiger partial charge in [0.1, 0.15) is 5.75 Å². The van der Waals surface area contributed by atoms with Gasteiger partial charge in [-0.15, -0.1) is 0 Å². The van der Waals surface area contributed by atoms with E-state index in [9.17, 15) is 0 Å². The Kier molecular flexibility index (Phi) is 4.15. The SMILES string of the molecule is COc1ccc(NC2C(C)CCCC2C)c(C)c1. The van der Waals surface area contributed by atoms with Crippen molar-refractivity contribution in [2.24, 2.45) is 11.8 Å². The molecule has 18 heavy (non-hydrogen) atoms. The molecular weight excluding hydrogens is 222 g/mol. The molecule has 1 aromatic rings. The van der Waals surface area contributed by atoms with Crippen molar-refractivity contribution in [3.63, 3.8) is 0 Å². The third-order valence-corrected chi connectivity index (χ3v) is 4.30. The fraction of sp³-hybridized carbons (Fsp3) is 0.625. The molecule has 1 fully saturated rings. The molecule has 1 saturated carbocycles. The minimum atomic E-state index is 0.603. The van der Waals surface area contributed by atoms with Crippen LogP contribution in [-0.4, -0.2) is 13.2 Å². The van der Waals surface area contributed by atoms with Crippen molar-refractivity contribution in [1.29, 1.82) is 0 Å². The summed E-state index contributed by atoms with van der Waals surface area (Å²) < 4.78 is 5.25. The first kappa shape index (κ1) is 13.3. The Balaban J connectivity index is 2.12. The van der Waals surface area contributed by atoms with Crippen LogP contribution in [0.2, 0.25) is 0 Å². The van der Waals surface area contributed by atoms with Crippen molar-refractivity contribution >= 4 is 5.69 Å². The number of hydrogen-bond acceptors (Lipinski definition) is 2. The van der Waals surface area contributed by atoms with E-state index in [1.807, 2.05) is 6.07 Å². The zero-order valence-corrected chi connectivity index (χ0v) is 12.0. The maximum absolute atomic E-state index is 5.25. The van der Waals surface area contributed by atoms with Crippen LogP contribution >= 0.6 is 0 Å². The van der Waals surface area contributed by atoms with Gasteiger partial charge in [-0.05, 0) is 55.4 Å². The third kappa shape index (κ3) is 2.80. The fourth-order valence-corrected chi connectivity index (χ4v) is 3.07. The minimum Gasteiger partial charge on any atom is -0.497 e. The standard InChI is InChI=1S/C16H25NO/c1-11-6-5-7-12(2)16(11)17-15-9-8-14(18-4)10-13(15)3/h8-12,16-17H,5-7H2,1-4H3. The van der Waals surface area contributed by atoms with Gasteiger partial charge in [0, 0.05) is 11.7 Å². The lowest BCUT2D eigenvalue weighted by atomic mass is 9.78. The zero-order chi connectivity index (χ0) is 13.1. The Morgan fingerprint density at radius 2 is 1.83 bits per heavy atom. The van der Waals surface area contributed by atoms with Crippen LogP contribution in [0.15, 0.2) is 18.2 Å². The molecule has 2 unspecified atom stereocenters. The predicted octanol–water partition coefficient (Wildman–Crippen LogP) is 4.24. The third-order valence-electron chi connectivity index (χ3n) is 4.30. The average molecular weight is 247 g/mol. The lowest BCUT2D eigenvalue weighted by molar-refractivity contribution is 0.268. The number of anilines is 1. The van der Waals surface area contributed by atoms with Gasteiger partial charge >= 0.3 is 0 Å². The Bertz CT molecular complexity index is 392. The normalized spacial score (nSPS) is 27.9. The summed E-state index contributed by atoms with van der Waals surface area (Å²) in [5.74, 6) is 2.45. The molecule has 0 saturated heterocycles. The summed E-state index contributed by atoms with van der Waals surface area (Å²) in [5, 5.41) is 3.74. The molecule has 1 aliphatic carbocycles. The van der Waals surface area contributed by atoms with Crippen LogP contribution in [0, 0.1) is 18.8 Å². The second-order valence-electron chi connectivity index (χ2n) is 5.74. The Morgan fingerprint density at radius 1 is 1.17 bits per heavy atom. The van der Waals surface area contributed by atoms with E-state index in [2.05, 4.69) is 38.2 Å². The molecule has 1 aliphatic rings. The van der Waals surface area contributed by atoms with Gasteiger partial charge in [-0.3, -0.25) is 0 Å². The largest absolute Gasteiger partial charge is 0.497 e. The van der Waals surface area contributed by atoms with E-state index < -0.39 is 0 Å². The number of aryl methyl sites for hydroxylation is 1. The van der Waals surface area contributed by atoms with Crippen molar-refractivity contribution in [3.05, 3.63) is 23.8 Å². The number of methoxy groups -OCH3 is 1. The summed E-state index contributed by atoms with van der Waals surface area (Å²) in [6.07, 6.45) is 4.07. The summed E-state index contributed by atoms with van der Waals surface area (Å²) in [6.45, 7) is 6.88. The first-order valence-electron chi connectivity index (χ1n) is 7.03. The molecule has 0 heterocycles. The van der Waals surface area contributed by atoms with Gasteiger partial charge in [-0.1, -0.05) is 20.3 Å². The van der Waals surface area contributed by atoms with E-state index in [1.54, 1.807) is 7.11 Å². The summed E-state index contributed by atoms with van der Waals surface area (Å²) in [5.41, 5.74) is 2.51. The molecule has 0 spiro atoms. The molecule has 0 aliphatic heterocycles. The van der Waals surface area contributed by atoms with E-state index in [1.165, 1.54) is 30.5 Å². The van der Waals surface area contributed by atoms with Crippen LogP contribution < -0.4 is 10.1 Å². The van der Waals surface area contributed by atoms with Crippen molar-refractivity contribution in [1.82, 2.24) is 0 Å². The molecule has 1 aromatic carbocycles. The second-order valence-corrected chi connectivity index (χ2v) is 5.74. The fourth-order valence-electron chi connectivity index (χ4n) is 3.07. The quantitative estimate of drug-likeness (QED) is 0.862. The van der Waals surface area contributed by atoms with Crippen molar-refractivity contribution in [2.45, 2.75) is 46.1 Å². The molecule has 100 valence electrons. The van der Waals surface area contributed by atoms with E-state index >= 15 is 0 Å². The first-order chi connectivity index (χ1) is 8.61. The van der Waals surface area contributed by atoms with Crippen LogP contribution in [0.25, 0.3) is 0 Å². The van der Waals surface area contributed by atoms with E-state index in [0.717, 1.165) is 17.6 Å². The highest BCUT2D eigenvalue weighted by Crippen LogP contribution is 2.32. The van der Waals surface area contributed by atoms with Gasteiger partial charge in [-0.2, -0.15) is 0 Å². The van der Waals surface area contributed by atoms with E-state index in [0.29, 0.717) is 6.04 Å². The van der Waals surface area contributed by atoms with Crippen LogP contribution in [0.1, 0.15) is 38.7 Å². The molecule has 2 heteroatoms. The minimum absolute atomic E-state index is 0.603. The lowest BCUT2D eigenvalue weighted by Crippen LogP contribution is -2.37. The zero-order valence-electron chi connectivity index (χ0n) is 12.0. The summed E-state index contributed by atoms with van der Waals surface area (Å²) in [6, 6.07) is 6.88. The smallest absolute Gasteiger partial charge is 0.119 e. The molecule has 0 radical (unpaired) electrons. The number of rotatable bonds is 3. The average Bonchev–Trinajstić information content (AvgIpc) is 2.35. The molecule has 2 nitrogen and oxygen atoms in total. The van der Waals surface area contributed by atoms with E-state index in [4.69, 9.17) is 4.74 Å². The topological polar surface area (TPSA) is 21.3 Å². The maximum Gasteiger partial charge on any atom is 0.119 e. The maximum atomic E-state index is 5.25. The summed E-state index contributed by atoms with van der Waals surface area (Å²) >= 11 is 0. The molecule has 1 N–H and O–H groups in total. The highest BCUT2D eigenvalue weighted by molar-refractivity contribution is 5.54. The highest BCUT2D eigenvalue weighted by Gasteiger charge is 2.27. The van der Waals surface area contributed by atoms with Gasteiger partial charge in [0.25, 0.3) is 0 Å². The van der Waals surface area contributed by atoms with Crippen molar-refractivity contribution in [3.8, 4) is 5.75 Å². The lowest BCUT2D eigenvalue weighted by Gasteiger charge is -2.36. The van der Waals surface area contributed by atoms with Crippen LogP contribution in [0.3, 0.4) is 0 Å². The van der Waals surface area contributed by atoms with Gasteiger partial charge < -0.3 is 10.1 Å². The first-order valence-corrected chi connectivity index (χ1v) is 7.03. The van der Waals surface area contributed by atoms with Crippen LogP contribution in [-0.2, 0) is 0 Å². The Hall–Kier alpha value is -1.18. The van der Waals surface area contributed by atoms with Crippen molar-refractivity contribution in [2.75, 3.05) is 12.4 Å². The van der Waals surface area contributed by atoms with Gasteiger partial charge in [-0.25, -0.2) is 0 Å². The number of benzene rings is 1. The molecule has 2 atom stereocenters. The van der Waals surface area contributed by atoms with Gasteiger partial charge in [0.05, 0.1) is 7.11 Å². The molecule has 2 rings (SSSR count). The molecule has 0 aromatic heterocycles. The van der Waals surface area contributed by atoms with Crippen molar-refractivity contribution < 1.29 is 4.74 Å². The number of hydrogen-bond donors (Lipinski definition) is 1. The highest BCUT2D eigenvalue weighted by atomic mass is 16.5.